The Labute approximate surface area is 187 Å². The zero-order chi connectivity index (χ0) is 21.7. The molecule has 2 aromatic carbocycles. The summed E-state index contributed by atoms with van der Waals surface area (Å²) in [5.74, 6) is -0.312. The summed E-state index contributed by atoms with van der Waals surface area (Å²) in [6, 6.07) is 11.9. The summed E-state index contributed by atoms with van der Waals surface area (Å²) in [6.45, 7) is 6.81. The Morgan fingerprint density at radius 2 is 1.93 bits per heavy atom. The Kier molecular flexibility index (Phi) is 7.89. The van der Waals surface area contributed by atoms with Crippen molar-refractivity contribution in [2.24, 2.45) is 0 Å². The van der Waals surface area contributed by atoms with Gasteiger partial charge >= 0.3 is 0 Å². The van der Waals surface area contributed by atoms with Crippen LogP contribution in [0.5, 0.6) is 0 Å². The highest BCUT2D eigenvalue weighted by Gasteiger charge is 2.26. The van der Waals surface area contributed by atoms with Crippen molar-refractivity contribution in [1.29, 1.82) is 0 Å². The van der Waals surface area contributed by atoms with Gasteiger partial charge in [-0.2, -0.15) is 0 Å². The molecule has 0 spiro atoms. The maximum absolute atomic E-state index is 13.3. The van der Waals surface area contributed by atoms with E-state index in [1.165, 1.54) is 0 Å². The monoisotopic (exact) mass is 448 g/mol. The number of halogens is 2. The Balaban J connectivity index is 1.93. The number of morpholine rings is 1. The molecule has 1 aliphatic heterocycles. The van der Waals surface area contributed by atoms with Gasteiger partial charge < -0.3 is 9.64 Å². The van der Waals surface area contributed by atoms with Crippen molar-refractivity contribution < 1.29 is 14.3 Å². The van der Waals surface area contributed by atoms with Crippen LogP contribution in [0.25, 0.3) is 0 Å². The highest BCUT2D eigenvalue weighted by Crippen LogP contribution is 2.29. The number of carbonyl (C=O) groups is 2. The molecule has 1 unspecified atom stereocenters. The van der Waals surface area contributed by atoms with Gasteiger partial charge in [-0.25, -0.2) is 0 Å². The second kappa shape index (κ2) is 10.4. The van der Waals surface area contributed by atoms with Crippen LogP contribution < -0.4 is 4.90 Å². The quantitative estimate of drug-likeness (QED) is 0.576. The average molecular weight is 449 g/mol. The van der Waals surface area contributed by atoms with Crippen LogP contribution in [0.3, 0.4) is 0 Å². The number of benzene rings is 2. The van der Waals surface area contributed by atoms with E-state index in [0.29, 0.717) is 53.1 Å². The molecule has 0 aliphatic carbocycles. The molecule has 0 N–H and O–H groups in total. The number of hydrogen-bond acceptors (Lipinski definition) is 4. The number of ketones is 1. The summed E-state index contributed by atoms with van der Waals surface area (Å²) in [5.41, 5.74) is 1.30. The fourth-order valence-corrected chi connectivity index (χ4v) is 4.02. The lowest BCUT2D eigenvalue weighted by atomic mass is 10.0. The fraction of sp³-hybridized carbons (Fsp3) is 0.391. The van der Waals surface area contributed by atoms with Crippen molar-refractivity contribution in [2.45, 2.75) is 26.4 Å². The zero-order valence-corrected chi connectivity index (χ0v) is 18.7. The van der Waals surface area contributed by atoms with Gasteiger partial charge in [0.1, 0.15) is 0 Å². The molecule has 1 saturated heterocycles. The molecule has 1 aliphatic rings. The molecule has 0 saturated carbocycles. The third kappa shape index (κ3) is 5.41. The minimum Gasteiger partial charge on any atom is -0.376 e. The highest BCUT2D eigenvalue weighted by atomic mass is 35.5. The van der Waals surface area contributed by atoms with Crippen LogP contribution in [0.15, 0.2) is 42.5 Å². The largest absolute Gasteiger partial charge is 0.376 e. The Bertz CT molecular complexity index is 919. The predicted octanol–water partition coefficient (Wildman–Crippen LogP) is 4.69. The minimum atomic E-state index is -0.257. The number of nitrogens with zero attached hydrogens (tertiary/aromatic N) is 2. The van der Waals surface area contributed by atoms with Crippen LogP contribution in [0, 0.1) is 0 Å². The molecule has 2 aromatic rings. The fourth-order valence-electron chi connectivity index (χ4n) is 3.63. The SMILES string of the molecule is CCCN(C(=O)CN1CCOC(C)C1)c1ccc(Cl)cc1C(=O)c1ccccc1Cl. The van der Waals surface area contributed by atoms with E-state index in [9.17, 15) is 9.59 Å². The number of amides is 1. The minimum absolute atomic E-state index is 0.0542. The molecule has 1 heterocycles. The van der Waals surface area contributed by atoms with E-state index in [-0.39, 0.29) is 24.3 Å². The standard InChI is InChI=1S/C23H26Cl2N2O3/c1-3-10-27(22(28)15-26-11-12-30-16(2)14-26)21-9-8-17(24)13-19(21)23(29)18-6-4-5-7-20(18)25/h4-9,13,16H,3,10-12,14-15H2,1-2H3. The smallest absolute Gasteiger partial charge is 0.241 e. The van der Waals surface area contributed by atoms with Crippen LogP contribution in [-0.4, -0.2) is 55.5 Å². The molecule has 1 fully saturated rings. The van der Waals surface area contributed by atoms with E-state index in [4.69, 9.17) is 27.9 Å². The summed E-state index contributed by atoms with van der Waals surface area (Å²) in [6.07, 6.45) is 0.854. The van der Waals surface area contributed by atoms with Crippen molar-refractivity contribution in [3.63, 3.8) is 0 Å². The van der Waals surface area contributed by atoms with Gasteiger partial charge in [0, 0.05) is 35.8 Å². The van der Waals surface area contributed by atoms with Crippen LogP contribution in [0.1, 0.15) is 36.2 Å². The lowest BCUT2D eigenvalue weighted by molar-refractivity contribution is -0.121. The van der Waals surface area contributed by atoms with Gasteiger partial charge in [0.2, 0.25) is 5.91 Å². The van der Waals surface area contributed by atoms with Crippen molar-refractivity contribution in [2.75, 3.05) is 37.7 Å². The molecule has 1 atom stereocenters. The summed E-state index contributed by atoms with van der Waals surface area (Å²) >= 11 is 12.5. The summed E-state index contributed by atoms with van der Waals surface area (Å²) in [4.78, 5) is 30.3. The van der Waals surface area contributed by atoms with Gasteiger partial charge in [0.05, 0.1) is 30.0 Å². The van der Waals surface area contributed by atoms with Gasteiger partial charge in [-0.15, -0.1) is 0 Å². The first-order valence-electron chi connectivity index (χ1n) is 10.1. The third-order valence-corrected chi connectivity index (χ3v) is 5.61. The van der Waals surface area contributed by atoms with E-state index >= 15 is 0 Å². The molecule has 0 radical (unpaired) electrons. The first kappa shape index (κ1) is 22.8. The van der Waals surface area contributed by atoms with Gasteiger partial charge in [0.15, 0.2) is 5.78 Å². The number of hydrogen-bond donors (Lipinski definition) is 0. The van der Waals surface area contributed by atoms with Crippen molar-refractivity contribution in [1.82, 2.24) is 4.90 Å². The molecular formula is C23H26Cl2N2O3. The number of rotatable bonds is 7. The van der Waals surface area contributed by atoms with Gasteiger partial charge in [-0.1, -0.05) is 42.3 Å². The normalized spacial score (nSPS) is 17.0. The van der Waals surface area contributed by atoms with E-state index < -0.39 is 0 Å². The number of ether oxygens (including phenoxy) is 1. The van der Waals surface area contributed by atoms with Crippen molar-refractivity contribution >= 4 is 40.6 Å². The molecule has 7 heteroatoms. The lowest BCUT2D eigenvalue weighted by Crippen LogP contribution is -2.47. The third-order valence-electron chi connectivity index (χ3n) is 5.04. The van der Waals surface area contributed by atoms with E-state index in [1.807, 2.05) is 13.8 Å². The maximum Gasteiger partial charge on any atom is 0.241 e. The van der Waals surface area contributed by atoms with Gasteiger partial charge in [0.25, 0.3) is 0 Å². The molecule has 1 amide bonds. The molecule has 0 aromatic heterocycles. The second-order valence-corrected chi connectivity index (χ2v) is 8.28. The van der Waals surface area contributed by atoms with E-state index in [0.717, 1.165) is 6.42 Å². The Morgan fingerprint density at radius 1 is 1.17 bits per heavy atom. The molecular weight excluding hydrogens is 423 g/mol. The van der Waals surface area contributed by atoms with Crippen LogP contribution >= 0.6 is 23.2 Å². The summed E-state index contributed by atoms with van der Waals surface area (Å²) < 4.78 is 5.57. The number of carbonyl (C=O) groups excluding carboxylic acids is 2. The average Bonchev–Trinajstić information content (AvgIpc) is 2.72. The summed E-state index contributed by atoms with van der Waals surface area (Å²) in [5, 5.41) is 0.796. The molecule has 3 rings (SSSR count). The Hall–Kier alpha value is -1.92. The first-order valence-corrected chi connectivity index (χ1v) is 10.9. The van der Waals surface area contributed by atoms with Crippen LogP contribution in [0.4, 0.5) is 5.69 Å². The van der Waals surface area contributed by atoms with Crippen LogP contribution in [-0.2, 0) is 9.53 Å². The lowest BCUT2D eigenvalue weighted by Gasteiger charge is -2.33. The second-order valence-electron chi connectivity index (χ2n) is 7.43. The van der Waals surface area contributed by atoms with Crippen molar-refractivity contribution in [3.05, 3.63) is 63.6 Å². The Morgan fingerprint density at radius 3 is 2.63 bits per heavy atom. The predicted molar refractivity (Wildman–Crippen MR) is 121 cm³/mol. The topological polar surface area (TPSA) is 49.9 Å². The molecule has 160 valence electrons. The highest BCUT2D eigenvalue weighted by molar-refractivity contribution is 6.36. The van der Waals surface area contributed by atoms with Crippen LogP contribution in [0.2, 0.25) is 10.0 Å². The maximum atomic E-state index is 13.3. The molecule has 5 nitrogen and oxygen atoms in total. The van der Waals surface area contributed by atoms with Gasteiger partial charge in [-0.05, 0) is 43.7 Å². The zero-order valence-electron chi connectivity index (χ0n) is 17.2. The number of anilines is 1. The van der Waals surface area contributed by atoms with E-state index in [1.54, 1.807) is 47.4 Å². The molecule has 30 heavy (non-hydrogen) atoms. The van der Waals surface area contributed by atoms with Gasteiger partial charge in [-0.3, -0.25) is 14.5 Å². The first-order chi connectivity index (χ1) is 14.4. The van der Waals surface area contributed by atoms with E-state index in [2.05, 4.69) is 4.90 Å². The molecule has 0 bridgehead atoms. The van der Waals surface area contributed by atoms with Crippen molar-refractivity contribution in [3.8, 4) is 0 Å². The summed E-state index contributed by atoms with van der Waals surface area (Å²) in [7, 11) is 0.